The maximum atomic E-state index is 11.7. The van der Waals surface area contributed by atoms with Crippen LogP contribution in [0.4, 0.5) is 0 Å². The van der Waals surface area contributed by atoms with Crippen molar-refractivity contribution in [2.75, 3.05) is 0 Å². The molecule has 0 bridgehead atoms. The van der Waals surface area contributed by atoms with Gasteiger partial charge in [0.05, 0.1) is 0 Å². The molecule has 1 atom stereocenters. The molecule has 0 radical (unpaired) electrons. The summed E-state index contributed by atoms with van der Waals surface area (Å²) in [6, 6.07) is 6.60. The molecule has 4 heteroatoms. The predicted molar refractivity (Wildman–Crippen MR) is 72.0 cm³/mol. The van der Waals surface area contributed by atoms with Crippen molar-refractivity contribution in [1.29, 1.82) is 0 Å². The quantitative estimate of drug-likeness (QED) is 0.762. The van der Waals surface area contributed by atoms with Crippen molar-refractivity contribution >= 4 is 5.91 Å². The lowest BCUT2D eigenvalue weighted by molar-refractivity contribution is -0.122. The van der Waals surface area contributed by atoms with Crippen LogP contribution in [0, 0.1) is 5.41 Å². The molecule has 0 aromatic heterocycles. The number of hydrogen-bond donors (Lipinski definition) is 3. The lowest BCUT2D eigenvalue weighted by Crippen LogP contribution is -2.40. The molecule has 0 aliphatic heterocycles. The highest BCUT2D eigenvalue weighted by Crippen LogP contribution is 2.19. The van der Waals surface area contributed by atoms with Gasteiger partial charge in [-0.05, 0) is 23.1 Å². The minimum absolute atomic E-state index is 0.0505. The van der Waals surface area contributed by atoms with Crippen molar-refractivity contribution < 1.29 is 9.90 Å². The van der Waals surface area contributed by atoms with Gasteiger partial charge in [0.25, 0.3) is 0 Å². The Kier molecular flexibility index (Phi) is 4.73. The molecule has 0 saturated carbocycles. The topological polar surface area (TPSA) is 75.4 Å². The van der Waals surface area contributed by atoms with Crippen LogP contribution < -0.4 is 11.1 Å². The van der Waals surface area contributed by atoms with Crippen LogP contribution in [0.2, 0.25) is 0 Å². The second kappa shape index (κ2) is 5.87. The fraction of sp³-hybridized carbons (Fsp3) is 0.500. The SMILES string of the molecule is CC(C)(C)C(N)CC(=O)NCc1ccc(O)cc1. The summed E-state index contributed by atoms with van der Waals surface area (Å²) in [4.78, 5) is 11.7. The van der Waals surface area contributed by atoms with Crippen molar-refractivity contribution in [2.24, 2.45) is 11.1 Å². The second-order valence-corrected chi connectivity index (χ2v) is 5.62. The van der Waals surface area contributed by atoms with Crippen LogP contribution in [0.25, 0.3) is 0 Å². The van der Waals surface area contributed by atoms with Crippen LogP contribution in [-0.4, -0.2) is 17.1 Å². The van der Waals surface area contributed by atoms with E-state index in [9.17, 15) is 4.79 Å². The van der Waals surface area contributed by atoms with Crippen molar-refractivity contribution in [3.8, 4) is 5.75 Å². The minimum atomic E-state index is -0.155. The number of amides is 1. The number of nitrogens with one attached hydrogen (secondary N) is 1. The van der Waals surface area contributed by atoms with Gasteiger partial charge in [0.15, 0.2) is 0 Å². The molecule has 4 N–H and O–H groups in total. The van der Waals surface area contributed by atoms with Crippen LogP contribution in [0.3, 0.4) is 0 Å². The summed E-state index contributed by atoms with van der Waals surface area (Å²) in [6.07, 6.45) is 0.321. The van der Waals surface area contributed by atoms with E-state index in [1.54, 1.807) is 24.3 Å². The average molecular weight is 250 g/mol. The maximum absolute atomic E-state index is 11.7. The van der Waals surface area contributed by atoms with Crippen LogP contribution >= 0.6 is 0 Å². The first kappa shape index (κ1) is 14.5. The number of carbonyl (C=O) groups is 1. The van der Waals surface area contributed by atoms with Crippen molar-refractivity contribution in [1.82, 2.24) is 5.32 Å². The van der Waals surface area contributed by atoms with Gasteiger partial charge in [0.2, 0.25) is 5.91 Å². The fourth-order valence-electron chi connectivity index (χ4n) is 1.39. The minimum Gasteiger partial charge on any atom is -0.508 e. The maximum Gasteiger partial charge on any atom is 0.221 e. The van der Waals surface area contributed by atoms with Gasteiger partial charge in [-0.3, -0.25) is 4.79 Å². The molecule has 18 heavy (non-hydrogen) atoms. The summed E-state index contributed by atoms with van der Waals surface area (Å²) in [5.74, 6) is 0.172. The molecule has 4 nitrogen and oxygen atoms in total. The van der Waals surface area contributed by atoms with E-state index in [2.05, 4.69) is 5.32 Å². The number of phenolic OH excluding ortho intramolecular Hbond substituents is 1. The predicted octanol–water partition coefficient (Wildman–Crippen LogP) is 1.77. The third-order valence-electron chi connectivity index (χ3n) is 2.94. The van der Waals surface area contributed by atoms with Crippen LogP contribution in [-0.2, 0) is 11.3 Å². The molecule has 100 valence electrons. The summed E-state index contributed by atoms with van der Waals surface area (Å²) in [6.45, 7) is 6.51. The van der Waals surface area contributed by atoms with Gasteiger partial charge < -0.3 is 16.2 Å². The lowest BCUT2D eigenvalue weighted by atomic mass is 9.85. The fourth-order valence-corrected chi connectivity index (χ4v) is 1.39. The number of hydrogen-bond acceptors (Lipinski definition) is 3. The van der Waals surface area contributed by atoms with Gasteiger partial charge in [0.1, 0.15) is 5.75 Å². The van der Waals surface area contributed by atoms with Gasteiger partial charge in [-0.15, -0.1) is 0 Å². The third-order valence-corrected chi connectivity index (χ3v) is 2.94. The van der Waals surface area contributed by atoms with E-state index in [1.165, 1.54) is 0 Å². The van der Waals surface area contributed by atoms with Crippen molar-refractivity contribution in [3.05, 3.63) is 29.8 Å². The van der Waals surface area contributed by atoms with Gasteiger partial charge in [-0.25, -0.2) is 0 Å². The summed E-state index contributed by atoms with van der Waals surface area (Å²) < 4.78 is 0. The molecule has 1 aromatic carbocycles. The molecule has 1 rings (SSSR count). The summed E-state index contributed by atoms with van der Waals surface area (Å²) in [5, 5.41) is 12.0. The Hall–Kier alpha value is -1.55. The van der Waals surface area contributed by atoms with Crippen LogP contribution in [0.15, 0.2) is 24.3 Å². The van der Waals surface area contributed by atoms with E-state index in [0.717, 1.165) is 5.56 Å². The highest BCUT2D eigenvalue weighted by Gasteiger charge is 2.22. The number of nitrogens with two attached hydrogens (primary N) is 1. The molecule has 0 spiro atoms. The van der Waals surface area contributed by atoms with Crippen molar-refractivity contribution in [2.45, 2.75) is 39.8 Å². The molecule has 0 aliphatic rings. The Bertz CT molecular complexity index is 393. The summed E-state index contributed by atoms with van der Waals surface area (Å²) in [5.41, 5.74) is 6.82. The van der Waals surface area contributed by atoms with Gasteiger partial charge in [0, 0.05) is 19.0 Å². The normalized spacial score (nSPS) is 13.1. The van der Waals surface area contributed by atoms with E-state index in [0.29, 0.717) is 13.0 Å². The molecular weight excluding hydrogens is 228 g/mol. The standard InChI is InChI=1S/C14H22N2O2/c1-14(2,3)12(15)8-13(18)16-9-10-4-6-11(17)7-5-10/h4-7,12,17H,8-9,15H2,1-3H3,(H,16,18). The first-order valence-electron chi connectivity index (χ1n) is 6.09. The largest absolute Gasteiger partial charge is 0.508 e. The Balaban J connectivity index is 2.40. The van der Waals surface area contributed by atoms with E-state index in [-0.39, 0.29) is 23.1 Å². The average Bonchev–Trinajstić information content (AvgIpc) is 2.27. The monoisotopic (exact) mass is 250 g/mol. The number of carbonyl (C=O) groups excluding carboxylic acids is 1. The zero-order chi connectivity index (χ0) is 13.8. The Morgan fingerprint density at radius 2 is 1.89 bits per heavy atom. The van der Waals surface area contributed by atoms with E-state index >= 15 is 0 Å². The van der Waals surface area contributed by atoms with Crippen molar-refractivity contribution in [3.63, 3.8) is 0 Å². The van der Waals surface area contributed by atoms with E-state index < -0.39 is 0 Å². The first-order chi connectivity index (χ1) is 8.29. The Labute approximate surface area is 108 Å². The molecule has 0 fully saturated rings. The summed E-state index contributed by atoms with van der Waals surface area (Å²) in [7, 11) is 0. The highest BCUT2D eigenvalue weighted by atomic mass is 16.3. The molecule has 0 heterocycles. The molecule has 1 aromatic rings. The third kappa shape index (κ3) is 4.75. The zero-order valence-electron chi connectivity index (χ0n) is 11.2. The van der Waals surface area contributed by atoms with Gasteiger partial charge in [-0.2, -0.15) is 0 Å². The van der Waals surface area contributed by atoms with Crippen LogP contribution in [0.1, 0.15) is 32.8 Å². The lowest BCUT2D eigenvalue weighted by Gasteiger charge is -2.26. The molecule has 1 unspecified atom stereocenters. The Morgan fingerprint density at radius 3 is 2.39 bits per heavy atom. The number of benzene rings is 1. The zero-order valence-corrected chi connectivity index (χ0v) is 11.2. The van der Waals surface area contributed by atoms with Crippen LogP contribution in [0.5, 0.6) is 5.75 Å². The second-order valence-electron chi connectivity index (χ2n) is 5.62. The Morgan fingerprint density at radius 1 is 1.33 bits per heavy atom. The van der Waals surface area contributed by atoms with E-state index in [4.69, 9.17) is 10.8 Å². The van der Waals surface area contributed by atoms with Gasteiger partial charge in [-0.1, -0.05) is 32.9 Å². The molecule has 0 aliphatic carbocycles. The molecule has 1 amide bonds. The van der Waals surface area contributed by atoms with Gasteiger partial charge >= 0.3 is 0 Å². The van der Waals surface area contributed by atoms with E-state index in [1.807, 2.05) is 20.8 Å². The number of rotatable bonds is 4. The summed E-state index contributed by atoms with van der Waals surface area (Å²) >= 11 is 0. The molecule has 0 saturated heterocycles. The smallest absolute Gasteiger partial charge is 0.221 e. The molecular formula is C14H22N2O2. The highest BCUT2D eigenvalue weighted by molar-refractivity contribution is 5.76. The number of phenols is 1. The first-order valence-corrected chi connectivity index (χ1v) is 6.09. The number of aromatic hydroxyl groups is 1.